The third kappa shape index (κ3) is 4.70. The number of halogens is 1. The summed E-state index contributed by atoms with van der Waals surface area (Å²) in [5, 5.41) is 3.81. The largest absolute Gasteiger partial charge is 0.379 e. The second kappa shape index (κ2) is 8.81. The number of carbonyl (C=O) groups is 1. The normalized spacial score (nSPS) is 23.1. The summed E-state index contributed by atoms with van der Waals surface area (Å²) >= 11 is 6.40. The highest BCUT2D eigenvalue weighted by molar-refractivity contribution is 6.31. The monoisotopic (exact) mass is 352 g/mol. The van der Waals surface area contributed by atoms with Crippen molar-refractivity contribution in [1.82, 2.24) is 10.2 Å². The maximum absolute atomic E-state index is 12.2. The Kier molecular flexibility index (Phi) is 6.49. The molecular weight excluding hydrogens is 328 g/mol. The maximum Gasteiger partial charge on any atom is 0.222 e. The highest BCUT2D eigenvalue weighted by Gasteiger charge is 2.25. The first-order chi connectivity index (χ1) is 11.7. The lowest BCUT2D eigenvalue weighted by Gasteiger charge is -2.35. The van der Waals surface area contributed by atoms with Crippen LogP contribution in [0, 0.1) is 0 Å². The van der Waals surface area contributed by atoms with Crippen molar-refractivity contribution in [2.45, 2.75) is 31.4 Å². The maximum atomic E-state index is 12.2. The van der Waals surface area contributed by atoms with Crippen LogP contribution in [-0.4, -0.2) is 56.4 Å². The lowest BCUT2D eigenvalue weighted by molar-refractivity contribution is -0.123. The Morgan fingerprint density at radius 3 is 2.79 bits per heavy atom. The number of nitrogens with one attached hydrogen (secondary N) is 1. The van der Waals surface area contributed by atoms with Gasteiger partial charge in [0.05, 0.1) is 31.8 Å². The van der Waals surface area contributed by atoms with Gasteiger partial charge in [-0.25, -0.2) is 0 Å². The van der Waals surface area contributed by atoms with Crippen LogP contribution in [0.5, 0.6) is 0 Å². The van der Waals surface area contributed by atoms with E-state index in [1.54, 1.807) is 0 Å². The molecule has 0 saturated carbocycles. The molecule has 2 unspecified atom stereocenters. The van der Waals surface area contributed by atoms with E-state index < -0.39 is 0 Å². The number of morpholine rings is 1. The summed E-state index contributed by atoms with van der Waals surface area (Å²) in [6, 6.07) is 7.92. The number of nitrogens with zero attached hydrogens (tertiary/aromatic N) is 1. The minimum atomic E-state index is 0.0483. The van der Waals surface area contributed by atoms with Gasteiger partial charge >= 0.3 is 0 Å². The second-order valence-electron chi connectivity index (χ2n) is 6.33. The van der Waals surface area contributed by atoms with Crippen LogP contribution in [0.25, 0.3) is 0 Å². The summed E-state index contributed by atoms with van der Waals surface area (Å²) in [5.74, 6) is 0.0483. The Hall–Kier alpha value is -1.14. The van der Waals surface area contributed by atoms with E-state index in [1.807, 2.05) is 24.3 Å². The van der Waals surface area contributed by atoms with Crippen LogP contribution in [0.4, 0.5) is 0 Å². The predicted molar refractivity (Wildman–Crippen MR) is 93.2 cm³/mol. The average Bonchev–Trinajstić information content (AvgIpc) is 3.10. The van der Waals surface area contributed by atoms with E-state index in [0.29, 0.717) is 26.2 Å². The van der Waals surface area contributed by atoms with Crippen LogP contribution < -0.4 is 5.32 Å². The molecule has 132 valence electrons. The van der Waals surface area contributed by atoms with Crippen LogP contribution in [-0.2, 0) is 14.3 Å². The van der Waals surface area contributed by atoms with Crippen molar-refractivity contribution in [2.75, 3.05) is 39.5 Å². The molecule has 2 fully saturated rings. The molecule has 2 aliphatic rings. The van der Waals surface area contributed by atoms with E-state index in [-0.39, 0.29) is 18.1 Å². The number of carbonyl (C=O) groups excluding carboxylic acids is 1. The molecule has 3 rings (SSSR count). The molecule has 1 amide bonds. The van der Waals surface area contributed by atoms with Gasteiger partial charge in [0.15, 0.2) is 0 Å². The summed E-state index contributed by atoms with van der Waals surface area (Å²) in [6.45, 7) is 4.44. The number of rotatable bonds is 6. The molecule has 0 bridgehead atoms. The minimum absolute atomic E-state index is 0.0483. The van der Waals surface area contributed by atoms with Gasteiger partial charge < -0.3 is 14.8 Å². The van der Waals surface area contributed by atoms with Gasteiger partial charge in [-0.05, 0) is 24.5 Å². The van der Waals surface area contributed by atoms with Crippen molar-refractivity contribution >= 4 is 17.5 Å². The highest BCUT2D eigenvalue weighted by atomic mass is 35.5. The zero-order chi connectivity index (χ0) is 16.8. The standard InChI is InChI=1S/C18H25ClN2O3/c19-16-6-2-1-5-15(16)17(21-7-10-23-11-8-21)13-20-18(22)12-14-4-3-9-24-14/h1-2,5-6,14,17H,3-4,7-13H2,(H,20,22). The van der Waals surface area contributed by atoms with Crippen molar-refractivity contribution in [3.05, 3.63) is 34.9 Å². The fourth-order valence-electron chi connectivity index (χ4n) is 3.37. The van der Waals surface area contributed by atoms with Gasteiger partial charge in [0.2, 0.25) is 5.91 Å². The number of benzene rings is 1. The van der Waals surface area contributed by atoms with Crippen molar-refractivity contribution in [2.24, 2.45) is 0 Å². The Morgan fingerprint density at radius 2 is 2.08 bits per heavy atom. The molecule has 24 heavy (non-hydrogen) atoms. The van der Waals surface area contributed by atoms with Crippen molar-refractivity contribution in [3.63, 3.8) is 0 Å². The van der Waals surface area contributed by atoms with Crippen LogP contribution in [0.2, 0.25) is 5.02 Å². The van der Waals surface area contributed by atoms with Gasteiger partial charge in [0.25, 0.3) is 0 Å². The third-order valence-electron chi connectivity index (χ3n) is 4.68. The topological polar surface area (TPSA) is 50.8 Å². The van der Waals surface area contributed by atoms with Crippen LogP contribution in [0.1, 0.15) is 30.9 Å². The molecule has 2 aliphatic heterocycles. The number of amides is 1. The molecule has 0 spiro atoms. The molecule has 2 saturated heterocycles. The SMILES string of the molecule is O=C(CC1CCCO1)NCC(c1ccccc1Cl)N1CCOCC1. The summed E-state index contributed by atoms with van der Waals surface area (Å²) in [7, 11) is 0. The molecule has 1 aromatic carbocycles. The van der Waals surface area contributed by atoms with Gasteiger partial charge in [-0.3, -0.25) is 9.69 Å². The predicted octanol–water partition coefficient (Wildman–Crippen LogP) is 2.40. The van der Waals surface area contributed by atoms with Crippen molar-refractivity contribution in [1.29, 1.82) is 0 Å². The quantitative estimate of drug-likeness (QED) is 0.854. The van der Waals surface area contributed by atoms with Gasteiger partial charge in [0, 0.05) is 31.3 Å². The molecule has 6 heteroatoms. The van der Waals surface area contributed by atoms with Gasteiger partial charge in [-0.2, -0.15) is 0 Å². The number of hydrogen-bond donors (Lipinski definition) is 1. The Balaban J connectivity index is 1.63. The molecule has 0 aromatic heterocycles. The molecule has 0 radical (unpaired) electrons. The minimum Gasteiger partial charge on any atom is -0.379 e. The fraction of sp³-hybridized carbons (Fsp3) is 0.611. The molecule has 5 nitrogen and oxygen atoms in total. The Morgan fingerprint density at radius 1 is 1.29 bits per heavy atom. The third-order valence-corrected chi connectivity index (χ3v) is 5.02. The van der Waals surface area contributed by atoms with Gasteiger partial charge in [0.1, 0.15) is 0 Å². The summed E-state index contributed by atoms with van der Waals surface area (Å²) in [5.41, 5.74) is 1.05. The lowest BCUT2D eigenvalue weighted by atomic mass is 10.0. The van der Waals surface area contributed by atoms with E-state index in [0.717, 1.165) is 43.1 Å². The first-order valence-corrected chi connectivity index (χ1v) is 9.06. The smallest absolute Gasteiger partial charge is 0.222 e. The van der Waals surface area contributed by atoms with E-state index >= 15 is 0 Å². The summed E-state index contributed by atoms with van der Waals surface area (Å²) in [6.07, 6.45) is 2.55. The van der Waals surface area contributed by atoms with Crippen LogP contribution in [0.3, 0.4) is 0 Å². The van der Waals surface area contributed by atoms with E-state index in [4.69, 9.17) is 21.1 Å². The lowest BCUT2D eigenvalue weighted by Crippen LogP contribution is -2.44. The summed E-state index contributed by atoms with van der Waals surface area (Å²) in [4.78, 5) is 14.6. The fourth-order valence-corrected chi connectivity index (χ4v) is 3.63. The molecule has 2 atom stereocenters. The summed E-state index contributed by atoms with van der Waals surface area (Å²) < 4.78 is 11.0. The Labute approximate surface area is 148 Å². The van der Waals surface area contributed by atoms with Gasteiger partial charge in [-0.1, -0.05) is 29.8 Å². The number of ether oxygens (including phenoxy) is 2. The van der Waals surface area contributed by atoms with Gasteiger partial charge in [-0.15, -0.1) is 0 Å². The van der Waals surface area contributed by atoms with E-state index in [9.17, 15) is 4.79 Å². The first-order valence-electron chi connectivity index (χ1n) is 8.68. The van der Waals surface area contributed by atoms with E-state index in [2.05, 4.69) is 10.2 Å². The van der Waals surface area contributed by atoms with Crippen molar-refractivity contribution < 1.29 is 14.3 Å². The average molecular weight is 353 g/mol. The zero-order valence-corrected chi connectivity index (χ0v) is 14.6. The zero-order valence-electron chi connectivity index (χ0n) is 13.9. The first kappa shape index (κ1) is 17.7. The van der Waals surface area contributed by atoms with Crippen LogP contribution in [0.15, 0.2) is 24.3 Å². The molecular formula is C18H25ClN2O3. The van der Waals surface area contributed by atoms with Crippen LogP contribution >= 0.6 is 11.6 Å². The Bertz CT molecular complexity index is 543. The molecule has 1 N–H and O–H groups in total. The molecule has 1 aromatic rings. The molecule has 0 aliphatic carbocycles. The number of hydrogen-bond acceptors (Lipinski definition) is 4. The second-order valence-corrected chi connectivity index (χ2v) is 6.74. The highest BCUT2D eigenvalue weighted by Crippen LogP contribution is 2.28. The van der Waals surface area contributed by atoms with E-state index in [1.165, 1.54) is 0 Å². The van der Waals surface area contributed by atoms with Crippen molar-refractivity contribution in [3.8, 4) is 0 Å². The molecule has 2 heterocycles.